The van der Waals surface area contributed by atoms with Gasteiger partial charge in [-0.25, -0.2) is 4.39 Å². The fourth-order valence-corrected chi connectivity index (χ4v) is 3.01. The summed E-state index contributed by atoms with van der Waals surface area (Å²) in [6.45, 7) is 4.02. The van der Waals surface area contributed by atoms with E-state index in [2.05, 4.69) is 27.7 Å². The van der Waals surface area contributed by atoms with Crippen LogP contribution in [0.1, 0.15) is 37.2 Å². The van der Waals surface area contributed by atoms with Crippen LogP contribution in [0.15, 0.2) is 24.4 Å². The Kier molecular flexibility index (Phi) is 4.47. The predicted octanol–water partition coefficient (Wildman–Crippen LogP) is 3.91. The number of nitrogens with two attached hydrogens (primary N) is 1. The van der Waals surface area contributed by atoms with Crippen molar-refractivity contribution in [3.63, 3.8) is 0 Å². The van der Waals surface area contributed by atoms with Gasteiger partial charge in [0, 0.05) is 9.61 Å². The number of hydrogen-bond acceptors (Lipinski definition) is 2. The molecule has 1 aromatic heterocycles. The van der Waals surface area contributed by atoms with Gasteiger partial charge >= 0.3 is 0 Å². The van der Waals surface area contributed by atoms with E-state index in [1.807, 2.05) is 13.8 Å². The molecule has 1 aromatic carbocycles. The number of halogens is 3. The van der Waals surface area contributed by atoms with Gasteiger partial charge in [-0.15, -0.1) is 0 Å². The Hall–Kier alpha value is -0.660. The molecule has 0 amide bonds. The topological polar surface area (TPSA) is 43.8 Å². The van der Waals surface area contributed by atoms with Crippen LogP contribution >= 0.6 is 34.2 Å². The van der Waals surface area contributed by atoms with Crippen molar-refractivity contribution in [2.24, 2.45) is 5.73 Å². The first-order chi connectivity index (χ1) is 8.91. The van der Waals surface area contributed by atoms with Gasteiger partial charge in [-0.05, 0) is 54.1 Å². The van der Waals surface area contributed by atoms with Gasteiger partial charge in [-0.3, -0.25) is 4.68 Å². The maximum Gasteiger partial charge on any atom is 0.124 e. The number of nitrogens with zero attached hydrogens (tertiary/aromatic N) is 2. The molecule has 2 N–H and O–H groups in total. The molecule has 2 rings (SSSR count). The summed E-state index contributed by atoms with van der Waals surface area (Å²) < 4.78 is 15.7. The molecule has 3 nitrogen and oxygen atoms in total. The summed E-state index contributed by atoms with van der Waals surface area (Å²) in [5, 5.41) is 4.77. The molecule has 0 saturated carbocycles. The largest absolute Gasteiger partial charge is 0.319 e. The van der Waals surface area contributed by atoms with Gasteiger partial charge in [0.05, 0.1) is 23.0 Å². The van der Waals surface area contributed by atoms with Crippen molar-refractivity contribution in [2.75, 3.05) is 0 Å². The molecule has 6 heteroatoms. The molecular weight excluding hydrogens is 380 g/mol. The molecule has 0 bridgehead atoms. The monoisotopic (exact) mass is 393 g/mol. The van der Waals surface area contributed by atoms with Gasteiger partial charge < -0.3 is 5.73 Å². The van der Waals surface area contributed by atoms with Crippen LogP contribution in [-0.2, 0) is 0 Å². The lowest BCUT2D eigenvalue weighted by Gasteiger charge is -2.18. The highest BCUT2D eigenvalue weighted by atomic mass is 127. The summed E-state index contributed by atoms with van der Waals surface area (Å²) in [4.78, 5) is 0. The van der Waals surface area contributed by atoms with Crippen LogP contribution in [0.25, 0.3) is 0 Å². The molecule has 0 aliphatic heterocycles. The summed E-state index contributed by atoms with van der Waals surface area (Å²) in [7, 11) is 0. The molecule has 1 heterocycles. The van der Waals surface area contributed by atoms with Gasteiger partial charge in [-0.1, -0.05) is 17.7 Å². The first-order valence-corrected chi connectivity index (χ1v) is 7.31. The van der Waals surface area contributed by atoms with Gasteiger partial charge in [0.15, 0.2) is 0 Å². The second-order valence-electron chi connectivity index (χ2n) is 4.56. The average molecular weight is 394 g/mol. The van der Waals surface area contributed by atoms with Crippen molar-refractivity contribution in [1.29, 1.82) is 0 Å². The van der Waals surface area contributed by atoms with Crippen molar-refractivity contribution in [3.8, 4) is 0 Å². The highest BCUT2D eigenvalue weighted by Gasteiger charge is 2.21. The summed E-state index contributed by atoms with van der Waals surface area (Å²) >= 11 is 8.25. The Labute approximate surface area is 130 Å². The van der Waals surface area contributed by atoms with Crippen LogP contribution in [0.5, 0.6) is 0 Å². The molecule has 0 fully saturated rings. The Morgan fingerprint density at radius 1 is 1.42 bits per heavy atom. The summed E-state index contributed by atoms with van der Waals surface area (Å²) in [6.07, 6.45) is 1.59. The lowest BCUT2D eigenvalue weighted by atomic mass is 10.0. The number of rotatable bonds is 3. The minimum atomic E-state index is -0.426. The van der Waals surface area contributed by atoms with E-state index in [4.69, 9.17) is 17.3 Å². The molecule has 0 radical (unpaired) electrons. The van der Waals surface area contributed by atoms with E-state index in [1.165, 1.54) is 12.1 Å². The SMILES string of the molecule is CC(C)n1ncc(Cl)c1C(N)c1ccc(F)cc1I. The highest BCUT2D eigenvalue weighted by molar-refractivity contribution is 14.1. The van der Waals surface area contributed by atoms with Crippen LogP contribution in [0.3, 0.4) is 0 Å². The van der Waals surface area contributed by atoms with Gasteiger partial charge in [0.2, 0.25) is 0 Å². The normalized spacial score (nSPS) is 13.0. The quantitative estimate of drug-likeness (QED) is 0.804. The van der Waals surface area contributed by atoms with E-state index in [0.29, 0.717) is 5.02 Å². The Morgan fingerprint density at radius 3 is 2.68 bits per heavy atom. The molecular formula is C13H14ClFIN3. The molecule has 0 spiro atoms. The summed E-state index contributed by atoms with van der Waals surface area (Å²) in [5.41, 5.74) is 7.87. The van der Waals surface area contributed by atoms with Crippen molar-refractivity contribution >= 4 is 34.2 Å². The Morgan fingerprint density at radius 2 is 2.11 bits per heavy atom. The molecule has 1 unspecified atom stereocenters. The van der Waals surface area contributed by atoms with Crippen molar-refractivity contribution in [1.82, 2.24) is 9.78 Å². The lowest BCUT2D eigenvalue weighted by Crippen LogP contribution is -2.20. The van der Waals surface area contributed by atoms with Crippen molar-refractivity contribution in [3.05, 3.63) is 50.1 Å². The molecule has 0 aliphatic carbocycles. The van der Waals surface area contributed by atoms with Crippen molar-refractivity contribution < 1.29 is 4.39 Å². The maximum absolute atomic E-state index is 13.2. The van der Waals surface area contributed by atoms with E-state index in [0.717, 1.165) is 14.8 Å². The smallest absolute Gasteiger partial charge is 0.124 e. The molecule has 2 aromatic rings. The molecule has 102 valence electrons. The molecule has 0 saturated heterocycles. The first-order valence-electron chi connectivity index (χ1n) is 5.85. The van der Waals surface area contributed by atoms with E-state index < -0.39 is 6.04 Å². The fraction of sp³-hybridized carbons (Fsp3) is 0.308. The molecule has 0 aliphatic rings. The van der Waals surface area contributed by atoms with Crippen LogP contribution in [0, 0.1) is 9.39 Å². The van der Waals surface area contributed by atoms with Gasteiger partial charge in [-0.2, -0.15) is 5.10 Å². The highest BCUT2D eigenvalue weighted by Crippen LogP contribution is 2.30. The maximum atomic E-state index is 13.2. The number of hydrogen-bond donors (Lipinski definition) is 1. The third-order valence-corrected chi connectivity index (χ3v) is 4.09. The third-order valence-electron chi connectivity index (χ3n) is 2.87. The third kappa shape index (κ3) is 2.93. The number of benzene rings is 1. The number of aromatic nitrogens is 2. The minimum Gasteiger partial charge on any atom is -0.319 e. The summed E-state index contributed by atoms with van der Waals surface area (Å²) in [6, 6.07) is 4.29. The van der Waals surface area contributed by atoms with Crippen molar-refractivity contribution in [2.45, 2.75) is 25.9 Å². The van der Waals surface area contributed by atoms with E-state index in [9.17, 15) is 4.39 Å². The van der Waals surface area contributed by atoms with E-state index >= 15 is 0 Å². The van der Waals surface area contributed by atoms with Crippen LogP contribution < -0.4 is 5.73 Å². The fourth-order valence-electron chi connectivity index (χ4n) is 1.95. The molecule has 1 atom stereocenters. The predicted molar refractivity (Wildman–Crippen MR) is 82.8 cm³/mol. The minimum absolute atomic E-state index is 0.159. The standard InChI is InChI=1S/C13H14ClFIN3/c1-7(2)19-13(10(14)6-18-19)12(17)9-4-3-8(15)5-11(9)16/h3-7,12H,17H2,1-2H3. The second-order valence-corrected chi connectivity index (χ2v) is 6.13. The lowest BCUT2D eigenvalue weighted by molar-refractivity contribution is 0.499. The second kappa shape index (κ2) is 5.76. The van der Waals surface area contributed by atoms with Gasteiger partial charge in [0.1, 0.15) is 5.82 Å². The van der Waals surface area contributed by atoms with Crippen LogP contribution in [0.2, 0.25) is 5.02 Å². The zero-order valence-electron chi connectivity index (χ0n) is 10.6. The average Bonchev–Trinajstić information content (AvgIpc) is 2.70. The van der Waals surface area contributed by atoms with E-state index in [-0.39, 0.29) is 11.9 Å². The first kappa shape index (κ1) is 14.7. The van der Waals surface area contributed by atoms with E-state index in [1.54, 1.807) is 16.9 Å². The van der Waals surface area contributed by atoms with Gasteiger partial charge in [0.25, 0.3) is 0 Å². The van der Waals surface area contributed by atoms with Crippen LogP contribution in [-0.4, -0.2) is 9.78 Å². The Bertz CT molecular complexity index is 598. The summed E-state index contributed by atoms with van der Waals surface area (Å²) in [5.74, 6) is -0.274. The van der Waals surface area contributed by atoms with Crippen LogP contribution in [0.4, 0.5) is 4.39 Å². The zero-order chi connectivity index (χ0) is 14.2. The molecule has 19 heavy (non-hydrogen) atoms. The zero-order valence-corrected chi connectivity index (χ0v) is 13.5. The Balaban J connectivity index is 2.49.